The van der Waals surface area contributed by atoms with Crippen LogP contribution in [0.3, 0.4) is 0 Å². The summed E-state index contributed by atoms with van der Waals surface area (Å²) in [5.41, 5.74) is 4.06. The molecule has 1 heterocycles. The van der Waals surface area contributed by atoms with E-state index in [1.165, 1.54) is 17.0 Å². The van der Waals surface area contributed by atoms with E-state index in [-0.39, 0.29) is 11.7 Å². The molecule has 2 fully saturated rings. The van der Waals surface area contributed by atoms with Gasteiger partial charge in [-0.2, -0.15) is 13.2 Å². The van der Waals surface area contributed by atoms with Crippen LogP contribution >= 0.6 is 0 Å². The average Bonchev–Trinajstić information content (AvgIpc) is 2.87. The lowest BCUT2D eigenvalue weighted by Crippen LogP contribution is -2.45. The van der Waals surface area contributed by atoms with E-state index in [9.17, 15) is 18.0 Å². The highest BCUT2D eigenvalue weighted by atomic mass is 19.4. The van der Waals surface area contributed by atoms with Gasteiger partial charge in [0.25, 0.3) is 0 Å². The molecule has 4 nitrogen and oxygen atoms in total. The van der Waals surface area contributed by atoms with Crippen molar-refractivity contribution in [1.29, 1.82) is 0 Å². The predicted molar refractivity (Wildman–Crippen MR) is 150 cm³/mol. The quantitative estimate of drug-likeness (QED) is 0.335. The third-order valence-corrected chi connectivity index (χ3v) is 8.40. The van der Waals surface area contributed by atoms with E-state index in [0.29, 0.717) is 31.3 Å². The summed E-state index contributed by atoms with van der Waals surface area (Å²) in [6, 6.07) is 12.5. The number of likely N-dealkylation sites (tertiary alicyclic amines) is 1. The highest BCUT2D eigenvalue weighted by molar-refractivity contribution is 5.84. The number of carbonyl (C=O) groups is 1. The van der Waals surface area contributed by atoms with Crippen LogP contribution in [0.25, 0.3) is 5.70 Å². The second-order valence-electron chi connectivity index (χ2n) is 11.5. The SMILES string of the molecule is C=C(c1ccc(OC2CC(CC3CCN(C(=O)C(c4cccc(CC)c4)C(F)(F)F)CC3)C2)cc1C)N(C)C. The Bertz CT molecular complexity index is 1160. The highest BCUT2D eigenvalue weighted by Gasteiger charge is 2.48. The minimum atomic E-state index is -4.61. The summed E-state index contributed by atoms with van der Waals surface area (Å²) in [7, 11) is 3.96. The molecule has 0 radical (unpaired) electrons. The lowest BCUT2D eigenvalue weighted by molar-refractivity contribution is -0.173. The average molecular weight is 543 g/mol. The number of halogens is 3. The number of nitrogens with zero attached hydrogens (tertiary/aromatic N) is 2. The predicted octanol–water partition coefficient (Wildman–Crippen LogP) is 7.22. The minimum absolute atomic E-state index is 0.0435. The Hall–Kier alpha value is -2.96. The largest absolute Gasteiger partial charge is 0.490 e. The third kappa shape index (κ3) is 6.98. The van der Waals surface area contributed by atoms with Crippen LogP contribution in [-0.4, -0.2) is 55.2 Å². The first-order chi connectivity index (χ1) is 18.5. The zero-order chi connectivity index (χ0) is 28.3. The molecule has 2 aromatic rings. The van der Waals surface area contributed by atoms with Gasteiger partial charge in [-0.05, 0) is 92.2 Å². The Labute approximate surface area is 230 Å². The molecule has 1 saturated heterocycles. The van der Waals surface area contributed by atoms with Crippen molar-refractivity contribution in [1.82, 2.24) is 9.80 Å². The highest BCUT2D eigenvalue weighted by Crippen LogP contribution is 2.40. The van der Waals surface area contributed by atoms with Crippen LogP contribution in [0.15, 0.2) is 49.0 Å². The molecular formula is C32H41F3N2O2. The monoisotopic (exact) mass is 542 g/mol. The molecule has 1 atom stereocenters. The van der Waals surface area contributed by atoms with Crippen LogP contribution in [0.1, 0.15) is 67.2 Å². The standard InChI is InChI=1S/C32H41F3N2O2/c1-6-23-8-7-9-26(18-23)30(32(33,34)35)31(38)37-14-12-24(13-15-37)17-25-19-28(20-25)39-27-10-11-29(21(2)16-27)22(3)36(4)5/h7-11,16,18,24-25,28,30H,3,6,12-15,17,19-20H2,1-2,4-5H3. The van der Waals surface area contributed by atoms with Gasteiger partial charge in [-0.25, -0.2) is 0 Å². The normalized spacial score (nSPS) is 20.7. The molecule has 39 heavy (non-hydrogen) atoms. The van der Waals surface area contributed by atoms with Crippen LogP contribution in [-0.2, 0) is 11.2 Å². The minimum Gasteiger partial charge on any atom is -0.490 e. The third-order valence-electron chi connectivity index (χ3n) is 8.40. The molecule has 1 amide bonds. The lowest BCUT2D eigenvalue weighted by Gasteiger charge is -2.40. The lowest BCUT2D eigenvalue weighted by atomic mass is 9.74. The van der Waals surface area contributed by atoms with Crippen molar-refractivity contribution in [2.24, 2.45) is 11.8 Å². The van der Waals surface area contributed by atoms with E-state index < -0.39 is 18.0 Å². The van der Waals surface area contributed by atoms with Gasteiger partial charge in [-0.15, -0.1) is 0 Å². The number of rotatable bonds is 9. The molecule has 1 aliphatic heterocycles. The molecule has 0 bridgehead atoms. The number of piperidine rings is 1. The van der Waals surface area contributed by atoms with Crippen LogP contribution in [0.5, 0.6) is 5.75 Å². The van der Waals surface area contributed by atoms with Crippen LogP contribution in [0.2, 0.25) is 0 Å². The van der Waals surface area contributed by atoms with Crippen molar-refractivity contribution in [3.8, 4) is 5.75 Å². The van der Waals surface area contributed by atoms with Gasteiger partial charge >= 0.3 is 6.18 Å². The molecule has 4 rings (SSSR count). The van der Waals surface area contributed by atoms with Gasteiger partial charge in [0, 0.05) is 38.4 Å². The van der Waals surface area contributed by atoms with Gasteiger partial charge < -0.3 is 14.5 Å². The fourth-order valence-corrected chi connectivity index (χ4v) is 5.94. The van der Waals surface area contributed by atoms with Crippen LogP contribution in [0.4, 0.5) is 13.2 Å². The number of ether oxygens (including phenoxy) is 1. The van der Waals surface area contributed by atoms with Crippen molar-refractivity contribution >= 4 is 11.6 Å². The zero-order valence-electron chi connectivity index (χ0n) is 23.6. The van der Waals surface area contributed by atoms with Gasteiger partial charge in [0.2, 0.25) is 5.91 Å². The van der Waals surface area contributed by atoms with Crippen LogP contribution < -0.4 is 4.74 Å². The van der Waals surface area contributed by atoms with Gasteiger partial charge in [0.15, 0.2) is 5.92 Å². The van der Waals surface area contributed by atoms with Gasteiger partial charge in [0.05, 0.1) is 6.10 Å². The van der Waals surface area contributed by atoms with Gasteiger partial charge in [-0.3, -0.25) is 4.79 Å². The summed E-state index contributed by atoms with van der Waals surface area (Å²) in [4.78, 5) is 16.5. The molecule has 1 unspecified atom stereocenters. The first kappa shape index (κ1) is 29.0. The van der Waals surface area contributed by atoms with Gasteiger partial charge in [-0.1, -0.05) is 37.8 Å². The van der Waals surface area contributed by atoms with Crippen LogP contribution in [0, 0.1) is 18.8 Å². The molecule has 212 valence electrons. The van der Waals surface area contributed by atoms with Crippen molar-refractivity contribution in [3.05, 3.63) is 71.3 Å². The summed E-state index contributed by atoms with van der Waals surface area (Å²) in [5.74, 6) is -1.03. The Morgan fingerprint density at radius 2 is 1.79 bits per heavy atom. The maximum absolute atomic E-state index is 14.0. The summed E-state index contributed by atoms with van der Waals surface area (Å²) in [6.07, 6.45) is 0.759. The van der Waals surface area contributed by atoms with Crippen molar-refractivity contribution in [2.45, 2.75) is 70.6 Å². The summed E-state index contributed by atoms with van der Waals surface area (Å²) < 4.78 is 48.2. The van der Waals surface area contributed by atoms with Gasteiger partial charge in [0.1, 0.15) is 5.75 Å². The summed E-state index contributed by atoms with van der Waals surface area (Å²) in [5, 5.41) is 0. The number of amides is 1. The zero-order valence-corrected chi connectivity index (χ0v) is 23.6. The maximum atomic E-state index is 14.0. The molecule has 7 heteroatoms. The Kier molecular flexibility index (Phi) is 8.97. The molecule has 1 aliphatic carbocycles. The van der Waals surface area contributed by atoms with E-state index in [4.69, 9.17) is 4.74 Å². The fraction of sp³-hybridized carbons (Fsp3) is 0.531. The summed E-state index contributed by atoms with van der Waals surface area (Å²) in [6.45, 7) is 8.88. The van der Waals surface area contributed by atoms with E-state index in [1.54, 1.807) is 12.1 Å². The first-order valence-electron chi connectivity index (χ1n) is 14.0. The number of aryl methyl sites for hydroxylation is 2. The first-order valence-corrected chi connectivity index (χ1v) is 14.0. The Morgan fingerprint density at radius 1 is 1.10 bits per heavy atom. The Balaban J connectivity index is 1.25. The number of benzene rings is 2. The molecule has 0 aromatic heterocycles. The molecule has 0 N–H and O–H groups in total. The molecule has 2 aliphatic rings. The van der Waals surface area contributed by atoms with E-state index >= 15 is 0 Å². The van der Waals surface area contributed by atoms with E-state index in [0.717, 1.165) is 60.2 Å². The summed E-state index contributed by atoms with van der Waals surface area (Å²) >= 11 is 0. The second kappa shape index (κ2) is 12.1. The number of carbonyl (C=O) groups excluding carboxylic acids is 1. The molecule has 0 spiro atoms. The van der Waals surface area contributed by atoms with Crippen molar-refractivity contribution in [2.75, 3.05) is 27.2 Å². The number of hydrogen-bond donors (Lipinski definition) is 0. The van der Waals surface area contributed by atoms with Crippen molar-refractivity contribution < 1.29 is 22.7 Å². The van der Waals surface area contributed by atoms with E-state index in [2.05, 4.69) is 25.6 Å². The molecule has 2 aromatic carbocycles. The molecular weight excluding hydrogens is 501 g/mol. The van der Waals surface area contributed by atoms with E-state index in [1.807, 2.05) is 32.0 Å². The number of hydrogen-bond acceptors (Lipinski definition) is 3. The fourth-order valence-electron chi connectivity index (χ4n) is 5.94. The van der Waals surface area contributed by atoms with Crippen molar-refractivity contribution in [3.63, 3.8) is 0 Å². The maximum Gasteiger partial charge on any atom is 0.404 e. The second-order valence-corrected chi connectivity index (χ2v) is 11.5. The Morgan fingerprint density at radius 3 is 2.38 bits per heavy atom. The topological polar surface area (TPSA) is 32.8 Å². The molecule has 1 saturated carbocycles. The number of alkyl halides is 3. The smallest absolute Gasteiger partial charge is 0.404 e.